The van der Waals surface area contributed by atoms with Crippen LogP contribution < -0.4 is 10.6 Å². The molecule has 0 bridgehead atoms. The molecule has 0 fully saturated rings. The molecule has 3 rings (SSSR count). The minimum Gasteiger partial charge on any atom is -0.383 e. The van der Waals surface area contributed by atoms with Crippen molar-refractivity contribution in [2.75, 3.05) is 10.6 Å². The van der Waals surface area contributed by atoms with Crippen LogP contribution >= 0.6 is 0 Å². The van der Waals surface area contributed by atoms with E-state index in [9.17, 15) is 13.2 Å². The Kier molecular flexibility index (Phi) is 5.72. The van der Waals surface area contributed by atoms with Crippen molar-refractivity contribution < 1.29 is 13.2 Å². The van der Waals surface area contributed by atoms with E-state index in [1.165, 1.54) is 12.1 Å². The van der Waals surface area contributed by atoms with Gasteiger partial charge >= 0.3 is 0 Å². The highest BCUT2D eigenvalue weighted by Gasteiger charge is 2.20. The lowest BCUT2D eigenvalue weighted by atomic mass is 10.0. The monoisotopic (exact) mass is 388 g/mol. The molecule has 1 heterocycles. The number of nitrogens with zero attached hydrogens (tertiary/aromatic N) is 2. The maximum atomic E-state index is 14.5. The zero-order valence-electron chi connectivity index (χ0n) is 16.2. The van der Waals surface area contributed by atoms with E-state index >= 15 is 0 Å². The Morgan fingerprint density at radius 3 is 2.32 bits per heavy atom. The number of halogens is 3. The van der Waals surface area contributed by atoms with Crippen LogP contribution in [0.5, 0.6) is 0 Å². The van der Waals surface area contributed by atoms with Crippen LogP contribution in [0.4, 0.5) is 24.7 Å². The molecular formula is C21H23F3N4. The number of aryl methyl sites for hydroxylation is 1. The van der Waals surface area contributed by atoms with Gasteiger partial charge in [-0.05, 0) is 45.9 Å². The molecule has 0 amide bonds. The SMILES string of the molecule is Cc1nc(NC(C)c2cccc(C(F)F)c2F)c2ccc(NC(C)C)cc2n1. The second kappa shape index (κ2) is 8.04. The molecular weight excluding hydrogens is 365 g/mol. The fraction of sp³-hybridized carbons (Fsp3) is 0.333. The van der Waals surface area contributed by atoms with Crippen molar-refractivity contribution >= 4 is 22.4 Å². The first-order chi connectivity index (χ1) is 13.3. The molecule has 0 aliphatic rings. The van der Waals surface area contributed by atoms with E-state index in [2.05, 4.69) is 20.6 Å². The zero-order chi connectivity index (χ0) is 20.4. The van der Waals surface area contributed by atoms with Gasteiger partial charge in [0.1, 0.15) is 17.5 Å². The van der Waals surface area contributed by atoms with Gasteiger partial charge in [0.25, 0.3) is 6.43 Å². The van der Waals surface area contributed by atoms with Crippen molar-refractivity contribution in [3.05, 3.63) is 59.2 Å². The molecule has 7 heteroatoms. The van der Waals surface area contributed by atoms with Gasteiger partial charge in [0.05, 0.1) is 17.1 Å². The normalized spacial score (nSPS) is 12.6. The van der Waals surface area contributed by atoms with Gasteiger partial charge in [0.15, 0.2) is 0 Å². The molecule has 3 aromatic rings. The molecule has 1 unspecified atom stereocenters. The van der Waals surface area contributed by atoms with Crippen LogP contribution in [0.15, 0.2) is 36.4 Å². The van der Waals surface area contributed by atoms with Crippen LogP contribution in [-0.2, 0) is 0 Å². The van der Waals surface area contributed by atoms with Gasteiger partial charge in [-0.1, -0.05) is 18.2 Å². The number of rotatable bonds is 6. The second-order valence-corrected chi connectivity index (χ2v) is 7.07. The Balaban J connectivity index is 1.97. The number of hydrogen-bond donors (Lipinski definition) is 2. The lowest BCUT2D eigenvalue weighted by Gasteiger charge is -2.19. The van der Waals surface area contributed by atoms with Crippen LogP contribution in [-0.4, -0.2) is 16.0 Å². The number of anilines is 2. The standard InChI is InChI=1S/C21H23F3N4/c1-11(2)25-14-8-9-16-18(10-14)27-13(4)28-21(16)26-12(3)15-6-5-7-17(19(15)22)20(23)24/h5-12,20,25H,1-4H3,(H,26,27,28). The van der Waals surface area contributed by atoms with Crippen molar-refractivity contribution in [1.29, 1.82) is 0 Å². The average Bonchev–Trinajstić information content (AvgIpc) is 2.60. The van der Waals surface area contributed by atoms with Crippen molar-refractivity contribution in [1.82, 2.24) is 9.97 Å². The number of nitrogens with one attached hydrogen (secondary N) is 2. The van der Waals surface area contributed by atoms with E-state index in [1.807, 2.05) is 32.0 Å². The zero-order valence-corrected chi connectivity index (χ0v) is 16.2. The molecule has 0 saturated heterocycles. The molecule has 0 spiro atoms. The highest BCUT2D eigenvalue weighted by atomic mass is 19.3. The predicted octanol–water partition coefficient (Wildman–Crippen LogP) is 6.01. The molecule has 28 heavy (non-hydrogen) atoms. The van der Waals surface area contributed by atoms with Crippen molar-refractivity contribution in [3.63, 3.8) is 0 Å². The summed E-state index contributed by atoms with van der Waals surface area (Å²) in [6, 6.07) is 9.51. The summed E-state index contributed by atoms with van der Waals surface area (Å²) < 4.78 is 40.5. The molecule has 148 valence electrons. The van der Waals surface area contributed by atoms with Gasteiger partial charge in [0, 0.05) is 22.7 Å². The highest BCUT2D eigenvalue weighted by Crippen LogP contribution is 2.31. The van der Waals surface area contributed by atoms with E-state index in [1.54, 1.807) is 13.8 Å². The third kappa shape index (κ3) is 4.18. The molecule has 2 aromatic carbocycles. The third-order valence-corrected chi connectivity index (χ3v) is 4.38. The van der Waals surface area contributed by atoms with Crippen molar-refractivity contribution in [2.45, 2.75) is 46.2 Å². The molecule has 2 N–H and O–H groups in total. The predicted molar refractivity (Wildman–Crippen MR) is 106 cm³/mol. The van der Waals surface area contributed by atoms with E-state index < -0.39 is 23.8 Å². The minimum atomic E-state index is -2.86. The van der Waals surface area contributed by atoms with E-state index in [-0.39, 0.29) is 11.6 Å². The number of fused-ring (bicyclic) bond motifs is 1. The summed E-state index contributed by atoms with van der Waals surface area (Å²) >= 11 is 0. The van der Waals surface area contributed by atoms with Gasteiger partial charge in [-0.25, -0.2) is 23.1 Å². The highest BCUT2D eigenvalue weighted by molar-refractivity contribution is 5.91. The number of alkyl halides is 2. The summed E-state index contributed by atoms with van der Waals surface area (Å²) in [5.41, 5.74) is 1.25. The fourth-order valence-corrected chi connectivity index (χ4v) is 3.13. The Morgan fingerprint density at radius 2 is 1.64 bits per heavy atom. The van der Waals surface area contributed by atoms with E-state index in [4.69, 9.17) is 0 Å². The first-order valence-electron chi connectivity index (χ1n) is 9.14. The van der Waals surface area contributed by atoms with Crippen LogP contribution in [0.2, 0.25) is 0 Å². The molecule has 4 nitrogen and oxygen atoms in total. The van der Waals surface area contributed by atoms with Gasteiger partial charge in [-0.3, -0.25) is 0 Å². The molecule has 0 aliphatic carbocycles. The second-order valence-electron chi connectivity index (χ2n) is 7.07. The summed E-state index contributed by atoms with van der Waals surface area (Å²) in [4.78, 5) is 8.91. The summed E-state index contributed by atoms with van der Waals surface area (Å²) in [5.74, 6) is 0.203. The summed E-state index contributed by atoms with van der Waals surface area (Å²) in [6.07, 6.45) is -2.86. The van der Waals surface area contributed by atoms with Crippen LogP contribution in [0.1, 0.15) is 50.2 Å². The third-order valence-electron chi connectivity index (χ3n) is 4.38. The van der Waals surface area contributed by atoms with Crippen LogP contribution in [0.25, 0.3) is 10.9 Å². The summed E-state index contributed by atoms with van der Waals surface area (Å²) in [6.45, 7) is 7.58. The Morgan fingerprint density at radius 1 is 0.929 bits per heavy atom. The van der Waals surface area contributed by atoms with Crippen molar-refractivity contribution in [3.8, 4) is 0 Å². The molecule has 0 radical (unpaired) electrons. The maximum Gasteiger partial charge on any atom is 0.266 e. The molecule has 1 aromatic heterocycles. The number of hydrogen-bond acceptors (Lipinski definition) is 4. The fourth-order valence-electron chi connectivity index (χ4n) is 3.13. The Labute approximate surface area is 162 Å². The lowest BCUT2D eigenvalue weighted by molar-refractivity contribution is 0.146. The molecule has 0 saturated carbocycles. The van der Waals surface area contributed by atoms with Gasteiger partial charge < -0.3 is 10.6 Å². The topological polar surface area (TPSA) is 49.8 Å². The van der Waals surface area contributed by atoms with Gasteiger partial charge in [-0.15, -0.1) is 0 Å². The smallest absolute Gasteiger partial charge is 0.266 e. The number of benzene rings is 2. The minimum absolute atomic E-state index is 0.167. The summed E-state index contributed by atoms with van der Waals surface area (Å²) in [5, 5.41) is 7.25. The molecule has 0 aliphatic heterocycles. The van der Waals surface area contributed by atoms with Crippen molar-refractivity contribution in [2.24, 2.45) is 0 Å². The molecule has 1 atom stereocenters. The van der Waals surface area contributed by atoms with Gasteiger partial charge in [-0.2, -0.15) is 0 Å². The Bertz CT molecular complexity index is 989. The number of aromatic nitrogens is 2. The van der Waals surface area contributed by atoms with Crippen LogP contribution in [0, 0.1) is 12.7 Å². The summed E-state index contributed by atoms with van der Waals surface area (Å²) in [7, 11) is 0. The lowest BCUT2D eigenvalue weighted by Crippen LogP contribution is -2.12. The van der Waals surface area contributed by atoms with Gasteiger partial charge in [0.2, 0.25) is 0 Å². The first kappa shape index (κ1) is 19.9. The van der Waals surface area contributed by atoms with Crippen LogP contribution in [0.3, 0.4) is 0 Å². The van der Waals surface area contributed by atoms with E-state index in [0.29, 0.717) is 11.6 Å². The maximum absolute atomic E-state index is 14.5. The Hall–Kier alpha value is -2.83. The largest absolute Gasteiger partial charge is 0.383 e. The quantitative estimate of drug-likeness (QED) is 0.543. The first-order valence-corrected chi connectivity index (χ1v) is 9.14. The van der Waals surface area contributed by atoms with E-state index in [0.717, 1.165) is 22.7 Å². The average molecular weight is 388 g/mol.